The Balaban J connectivity index is 2.44. The molecule has 0 unspecified atom stereocenters. The highest BCUT2D eigenvalue weighted by Crippen LogP contribution is 2.26. The van der Waals surface area contributed by atoms with Crippen molar-refractivity contribution in [2.75, 3.05) is 4.72 Å². The van der Waals surface area contributed by atoms with Crippen molar-refractivity contribution in [3.63, 3.8) is 0 Å². The Morgan fingerprint density at radius 3 is 2.40 bits per heavy atom. The zero-order chi connectivity index (χ0) is 14.9. The molecule has 0 amide bonds. The summed E-state index contributed by atoms with van der Waals surface area (Å²) in [4.78, 5) is 0.183. The summed E-state index contributed by atoms with van der Waals surface area (Å²) in [6, 6.07) is 9.33. The van der Waals surface area contributed by atoms with Crippen molar-refractivity contribution in [1.82, 2.24) is 0 Å². The van der Waals surface area contributed by atoms with E-state index in [1.54, 1.807) is 32.0 Å². The van der Waals surface area contributed by atoms with Crippen LogP contribution in [0.4, 0.5) is 10.1 Å². The summed E-state index contributed by atoms with van der Waals surface area (Å²) in [5, 5.41) is 0. The normalized spacial score (nSPS) is 11.4. The first kappa shape index (κ1) is 15.0. The number of rotatable bonds is 3. The topological polar surface area (TPSA) is 46.2 Å². The molecule has 0 spiro atoms. The average molecular weight is 358 g/mol. The predicted octanol–water partition coefficient (Wildman–Crippen LogP) is 4.01. The molecule has 2 rings (SSSR count). The van der Waals surface area contributed by atoms with Gasteiger partial charge in [0.15, 0.2) is 0 Å². The zero-order valence-corrected chi connectivity index (χ0v) is 13.3. The summed E-state index contributed by atoms with van der Waals surface area (Å²) in [7, 11) is -3.73. The second-order valence-electron chi connectivity index (χ2n) is 4.45. The first-order valence-electron chi connectivity index (χ1n) is 5.85. The van der Waals surface area contributed by atoms with Crippen LogP contribution in [0, 0.1) is 19.7 Å². The van der Waals surface area contributed by atoms with E-state index in [0.29, 0.717) is 15.6 Å². The van der Waals surface area contributed by atoms with E-state index < -0.39 is 15.8 Å². The van der Waals surface area contributed by atoms with Crippen molar-refractivity contribution in [3.05, 3.63) is 57.8 Å². The van der Waals surface area contributed by atoms with Crippen LogP contribution in [0.3, 0.4) is 0 Å². The Kier molecular flexibility index (Phi) is 4.15. The lowest BCUT2D eigenvalue weighted by molar-refractivity contribution is 0.600. The minimum atomic E-state index is -3.73. The maximum absolute atomic E-state index is 13.5. The van der Waals surface area contributed by atoms with Gasteiger partial charge in [-0.05, 0) is 59.1 Å². The highest BCUT2D eigenvalue weighted by atomic mass is 79.9. The first-order chi connectivity index (χ1) is 9.31. The molecule has 1 N–H and O–H groups in total. The van der Waals surface area contributed by atoms with Crippen LogP contribution in [-0.4, -0.2) is 8.42 Å². The van der Waals surface area contributed by atoms with Gasteiger partial charge in [-0.15, -0.1) is 0 Å². The lowest BCUT2D eigenvalue weighted by Crippen LogP contribution is -2.15. The maximum atomic E-state index is 13.5. The van der Waals surface area contributed by atoms with Crippen molar-refractivity contribution in [3.8, 4) is 0 Å². The molecule has 0 heterocycles. The van der Waals surface area contributed by atoms with Crippen molar-refractivity contribution in [1.29, 1.82) is 0 Å². The van der Waals surface area contributed by atoms with Crippen LogP contribution in [0.25, 0.3) is 0 Å². The van der Waals surface area contributed by atoms with Gasteiger partial charge < -0.3 is 0 Å². The van der Waals surface area contributed by atoms with E-state index in [1.165, 1.54) is 12.1 Å². The molecule has 106 valence electrons. The molecule has 0 bridgehead atoms. The van der Waals surface area contributed by atoms with E-state index in [4.69, 9.17) is 0 Å². The molecule has 20 heavy (non-hydrogen) atoms. The SMILES string of the molecule is Cc1cc(Br)c(F)cc1NS(=O)(=O)c1ccccc1C. The fourth-order valence-corrected chi connectivity index (χ4v) is 3.64. The maximum Gasteiger partial charge on any atom is 0.262 e. The molecule has 0 aliphatic carbocycles. The van der Waals surface area contributed by atoms with Crippen LogP contribution in [0.5, 0.6) is 0 Å². The molecule has 0 radical (unpaired) electrons. The Hall–Kier alpha value is -1.40. The minimum absolute atomic E-state index is 0.183. The Bertz CT molecular complexity index is 760. The number of nitrogens with one attached hydrogen (secondary N) is 1. The zero-order valence-electron chi connectivity index (χ0n) is 10.9. The monoisotopic (exact) mass is 357 g/mol. The molecular weight excluding hydrogens is 345 g/mol. The Labute approximate surface area is 126 Å². The number of halogens is 2. The predicted molar refractivity (Wildman–Crippen MR) is 80.8 cm³/mol. The summed E-state index contributed by atoms with van der Waals surface area (Å²) in [6.07, 6.45) is 0. The first-order valence-corrected chi connectivity index (χ1v) is 8.13. The second-order valence-corrected chi connectivity index (χ2v) is 6.96. The smallest absolute Gasteiger partial charge is 0.262 e. The van der Waals surface area contributed by atoms with E-state index in [1.807, 2.05) is 0 Å². The third-order valence-electron chi connectivity index (χ3n) is 2.89. The van der Waals surface area contributed by atoms with Crippen LogP contribution < -0.4 is 4.72 Å². The highest BCUT2D eigenvalue weighted by molar-refractivity contribution is 9.10. The standard InChI is InChI=1S/C14H13BrFNO2S/c1-9-5-3-4-6-14(9)20(18,19)17-13-8-12(16)11(15)7-10(13)2/h3-8,17H,1-2H3. The highest BCUT2D eigenvalue weighted by Gasteiger charge is 2.18. The van der Waals surface area contributed by atoms with Gasteiger partial charge in [-0.3, -0.25) is 4.72 Å². The molecule has 3 nitrogen and oxygen atoms in total. The van der Waals surface area contributed by atoms with Gasteiger partial charge in [0, 0.05) is 0 Å². The summed E-state index contributed by atoms with van der Waals surface area (Å²) >= 11 is 3.06. The summed E-state index contributed by atoms with van der Waals surface area (Å²) in [6.45, 7) is 3.42. The van der Waals surface area contributed by atoms with E-state index >= 15 is 0 Å². The van der Waals surface area contributed by atoms with Crippen LogP contribution >= 0.6 is 15.9 Å². The molecule has 6 heteroatoms. The molecule has 0 aliphatic rings. The van der Waals surface area contributed by atoms with Crippen LogP contribution in [0.15, 0.2) is 45.8 Å². The molecule has 0 saturated heterocycles. The Morgan fingerprint density at radius 1 is 1.10 bits per heavy atom. The van der Waals surface area contributed by atoms with Crippen molar-refractivity contribution < 1.29 is 12.8 Å². The van der Waals surface area contributed by atoms with Crippen LogP contribution in [-0.2, 0) is 10.0 Å². The van der Waals surface area contributed by atoms with Crippen molar-refractivity contribution >= 4 is 31.6 Å². The van der Waals surface area contributed by atoms with Crippen LogP contribution in [0.1, 0.15) is 11.1 Å². The van der Waals surface area contributed by atoms with E-state index in [2.05, 4.69) is 20.7 Å². The minimum Gasteiger partial charge on any atom is -0.279 e. The largest absolute Gasteiger partial charge is 0.279 e. The molecule has 2 aromatic carbocycles. The number of sulfonamides is 1. The molecule has 0 atom stereocenters. The average Bonchev–Trinajstić information content (AvgIpc) is 2.36. The van der Waals surface area contributed by atoms with Gasteiger partial charge in [0.1, 0.15) is 5.82 Å². The fourth-order valence-electron chi connectivity index (χ4n) is 1.81. The van der Waals surface area contributed by atoms with Gasteiger partial charge in [-0.25, -0.2) is 12.8 Å². The van der Waals surface area contributed by atoms with Crippen LogP contribution in [0.2, 0.25) is 0 Å². The lowest BCUT2D eigenvalue weighted by atomic mass is 10.2. The number of benzene rings is 2. The van der Waals surface area contributed by atoms with E-state index in [-0.39, 0.29) is 10.6 Å². The van der Waals surface area contributed by atoms with E-state index in [0.717, 1.165) is 6.07 Å². The quantitative estimate of drug-likeness (QED) is 0.901. The Morgan fingerprint density at radius 2 is 1.75 bits per heavy atom. The van der Waals surface area contributed by atoms with Gasteiger partial charge in [-0.2, -0.15) is 0 Å². The van der Waals surface area contributed by atoms with Crippen molar-refractivity contribution in [2.45, 2.75) is 18.7 Å². The third-order valence-corrected chi connectivity index (χ3v) is 5.03. The second kappa shape index (κ2) is 5.54. The number of aryl methyl sites for hydroxylation is 2. The molecule has 0 saturated carbocycles. The molecule has 2 aromatic rings. The van der Waals surface area contributed by atoms with Gasteiger partial charge in [0.25, 0.3) is 10.0 Å². The molecule has 0 aliphatic heterocycles. The van der Waals surface area contributed by atoms with Gasteiger partial charge in [-0.1, -0.05) is 18.2 Å². The number of hydrogen-bond donors (Lipinski definition) is 1. The molecule has 0 fully saturated rings. The summed E-state index contributed by atoms with van der Waals surface area (Å²) in [5.41, 5.74) is 1.50. The van der Waals surface area contributed by atoms with Gasteiger partial charge in [0.05, 0.1) is 15.1 Å². The fraction of sp³-hybridized carbons (Fsp3) is 0.143. The molecule has 0 aromatic heterocycles. The third kappa shape index (κ3) is 3.02. The lowest BCUT2D eigenvalue weighted by Gasteiger charge is -2.12. The summed E-state index contributed by atoms with van der Waals surface area (Å²) < 4.78 is 40.9. The van der Waals surface area contributed by atoms with E-state index in [9.17, 15) is 12.8 Å². The van der Waals surface area contributed by atoms with Gasteiger partial charge >= 0.3 is 0 Å². The number of hydrogen-bond acceptors (Lipinski definition) is 2. The molecular formula is C14H13BrFNO2S. The summed E-state index contributed by atoms with van der Waals surface area (Å²) in [5.74, 6) is -0.516. The van der Waals surface area contributed by atoms with Gasteiger partial charge in [0.2, 0.25) is 0 Å². The number of anilines is 1. The van der Waals surface area contributed by atoms with Crippen molar-refractivity contribution in [2.24, 2.45) is 0 Å².